The van der Waals surface area contributed by atoms with Gasteiger partial charge in [0.15, 0.2) is 0 Å². The van der Waals surface area contributed by atoms with Crippen LogP contribution in [0.2, 0.25) is 0 Å². The summed E-state index contributed by atoms with van der Waals surface area (Å²) in [6.45, 7) is 0.573. The summed E-state index contributed by atoms with van der Waals surface area (Å²) in [4.78, 5) is 18.8. The van der Waals surface area contributed by atoms with Gasteiger partial charge in [0.2, 0.25) is 0 Å². The Kier molecular flexibility index (Phi) is 3.62. The Labute approximate surface area is 106 Å². The lowest BCUT2D eigenvalue weighted by atomic mass is 10.1. The minimum atomic E-state index is -0.00208. The molecule has 0 unspecified atom stereocenters. The molecule has 0 amide bonds. The van der Waals surface area contributed by atoms with Crippen molar-refractivity contribution in [2.45, 2.75) is 12.8 Å². The zero-order valence-corrected chi connectivity index (χ0v) is 10.8. The highest BCUT2D eigenvalue weighted by atomic mass is 16.1. The van der Waals surface area contributed by atoms with Gasteiger partial charge in [-0.25, -0.2) is 4.98 Å². The van der Waals surface area contributed by atoms with E-state index >= 15 is 0 Å². The predicted octanol–water partition coefficient (Wildman–Crippen LogP) is 0.652. The molecule has 5 heteroatoms. The Hall–Kier alpha value is -1.88. The van der Waals surface area contributed by atoms with Gasteiger partial charge >= 0.3 is 0 Å². The van der Waals surface area contributed by atoms with Gasteiger partial charge in [0.25, 0.3) is 5.56 Å². The van der Waals surface area contributed by atoms with E-state index in [1.165, 1.54) is 0 Å². The van der Waals surface area contributed by atoms with E-state index in [1.54, 1.807) is 10.6 Å². The van der Waals surface area contributed by atoms with E-state index < -0.39 is 0 Å². The van der Waals surface area contributed by atoms with Crippen molar-refractivity contribution in [1.29, 1.82) is 0 Å². The second kappa shape index (κ2) is 5.18. The van der Waals surface area contributed by atoms with Gasteiger partial charge < -0.3 is 10.6 Å². The number of nitrogens with zero attached hydrogens (tertiary/aromatic N) is 3. The van der Waals surface area contributed by atoms with Crippen LogP contribution in [0, 0.1) is 0 Å². The van der Waals surface area contributed by atoms with Crippen LogP contribution in [0.4, 0.5) is 5.82 Å². The third-order valence-electron chi connectivity index (χ3n) is 2.86. The largest absolute Gasteiger partial charge is 0.362 e. The van der Waals surface area contributed by atoms with E-state index in [1.807, 2.05) is 37.2 Å². The van der Waals surface area contributed by atoms with E-state index in [0.29, 0.717) is 18.6 Å². The third-order valence-corrected chi connectivity index (χ3v) is 2.86. The SMILES string of the molecule is CN(C)c1nc2ccccn2c(=O)c1CCCN. The van der Waals surface area contributed by atoms with Crippen LogP contribution in [0.5, 0.6) is 0 Å². The highest BCUT2D eigenvalue weighted by Gasteiger charge is 2.13. The summed E-state index contributed by atoms with van der Waals surface area (Å²) in [5.74, 6) is 0.736. The van der Waals surface area contributed by atoms with Gasteiger partial charge in [-0.2, -0.15) is 0 Å². The van der Waals surface area contributed by atoms with E-state index in [0.717, 1.165) is 17.8 Å². The predicted molar refractivity (Wildman–Crippen MR) is 73.2 cm³/mol. The summed E-state index contributed by atoms with van der Waals surface area (Å²) >= 11 is 0. The fourth-order valence-corrected chi connectivity index (χ4v) is 1.98. The molecule has 0 radical (unpaired) electrons. The lowest BCUT2D eigenvalue weighted by Gasteiger charge is -2.16. The van der Waals surface area contributed by atoms with E-state index in [9.17, 15) is 4.79 Å². The fraction of sp³-hybridized carbons (Fsp3) is 0.385. The van der Waals surface area contributed by atoms with E-state index in [4.69, 9.17) is 5.73 Å². The van der Waals surface area contributed by atoms with Crippen molar-refractivity contribution in [3.8, 4) is 0 Å². The molecule has 0 fully saturated rings. The molecule has 2 N–H and O–H groups in total. The number of nitrogens with two attached hydrogens (primary N) is 1. The summed E-state index contributed by atoms with van der Waals surface area (Å²) in [7, 11) is 3.79. The average molecular weight is 246 g/mol. The molecule has 0 bridgehead atoms. The first kappa shape index (κ1) is 12.6. The smallest absolute Gasteiger partial charge is 0.263 e. The molecule has 18 heavy (non-hydrogen) atoms. The van der Waals surface area contributed by atoms with Gasteiger partial charge in [0, 0.05) is 20.3 Å². The molecule has 0 saturated carbocycles. The van der Waals surface area contributed by atoms with Crippen molar-refractivity contribution in [2.24, 2.45) is 5.73 Å². The molecule has 2 aromatic heterocycles. The maximum Gasteiger partial charge on any atom is 0.263 e. The van der Waals surface area contributed by atoms with Crippen LogP contribution in [-0.2, 0) is 6.42 Å². The van der Waals surface area contributed by atoms with Gasteiger partial charge in [-0.15, -0.1) is 0 Å². The number of aromatic nitrogens is 2. The normalized spacial score (nSPS) is 10.8. The molecule has 0 saturated heterocycles. The lowest BCUT2D eigenvalue weighted by molar-refractivity contribution is 0.805. The number of rotatable bonds is 4. The zero-order chi connectivity index (χ0) is 13.1. The van der Waals surface area contributed by atoms with Crippen molar-refractivity contribution in [1.82, 2.24) is 9.38 Å². The molecule has 2 rings (SSSR count). The maximum absolute atomic E-state index is 12.4. The lowest BCUT2D eigenvalue weighted by Crippen LogP contribution is -2.26. The first-order valence-electron chi connectivity index (χ1n) is 6.03. The quantitative estimate of drug-likeness (QED) is 0.860. The van der Waals surface area contributed by atoms with Gasteiger partial charge in [-0.3, -0.25) is 9.20 Å². The third kappa shape index (κ3) is 2.22. The van der Waals surface area contributed by atoms with Crippen molar-refractivity contribution in [3.05, 3.63) is 40.3 Å². The Balaban J connectivity index is 2.67. The molecule has 0 atom stereocenters. The summed E-state index contributed by atoms with van der Waals surface area (Å²) in [5, 5.41) is 0. The summed E-state index contributed by atoms with van der Waals surface area (Å²) in [6.07, 6.45) is 3.19. The number of hydrogen-bond acceptors (Lipinski definition) is 4. The van der Waals surface area contributed by atoms with Crippen LogP contribution in [0.3, 0.4) is 0 Å². The van der Waals surface area contributed by atoms with Crippen LogP contribution < -0.4 is 16.2 Å². The molecule has 5 nitrogen and oxygen atoms in total. The fourth-order valence-electron chi connectivity index (χ4n) is 1.98. The number of fused-ring (bicyclic) bond motifs is 1. The summed E-state index contributed by atoms with van der Waals surface area (Å²) in [6, 6.07) is 5.54. The number of anilines is 1. The monoisotopic (exact) mass is 246 g/mol. The topological polar surface area (TPSA) is 63.6 Å². The average Bonchev–Trinajstić information content (AvgIpc) is 2.37. The zero-order valence-electron chi connectivity index (χ0n) is 10.8. The van der Waals surface area contributed by atoms with Gasteiger partial charge in [0.05, 0.1) is 5.56 Å². The summed E-state index contributed by atoms with van der Waals surface area (Å²) < 4.78 is 1.58. The molecular formula is C13H18N4O. The Morgan fingerprint density at radius 1 is 1.39 bits per heavy atom. The molecule has 2 heterocycles. The second-order valence-electron chi connectivity index (χ2n) is 4.43. The van der Waals surface area contributed by atoms with Crippen molar-refractivity contribution < 1.29 is 0 Å². The molecule has 0 aliphatic rings. The molecular weight excluding hydrogens is 228 g/mol. The van der Waals surface area contributed by atoms with Crippen LogP contribution >= 0.6 is 0 Å². The van der Waals surface area contributed by atoms with Crippen molar-refractivity contribution in [2.75, 3.05) is 25.5 Å². The molecule has 0 aliphatic carbocycles. The van der Waals surface area contributed by atoms with Crippen LogP contribution in [0.1, 0.15) is 12.0 Å². The van der Waals surface area contributed by atoms with Crippen LogP contribution in [0.25, 0.3) is 5.65 Å². The molecule has 0 aromatic carbocycles. The second-order valence-corrected chi connectivity index (χ2v) is 4.43. The van der Waals surface area contributed by atoms with E-state index in [-0.39, 0.29) is 5.56 Å². The minimum absolute atomic E-state index is 0.00208. The first-order chi connectivity index (χ1) is 8.65. The van der Waals surface area contributed by atoms with Gasteiger partial charge in [-0.05, 0) is 31.5 Å². The highest BCUT2D eigenvalue weighted by Crippen LogP contribution is 2.14. The molecule has 2 aromatic rings. The summed E-state index contributed by atoms with van der Waals surface area (Å²) in [5.41, 5.74) is 6.92. The van der Waals surface area contributed by atoms with Crippen LogP contribution in [-0.4, -0.2) is 30.0 Å². The first-order valence-corrected chi connectivity index (χ1v) is 6.03. The Morgan fingerprint density at radius 3 is 2.83 bits per heavy atom. The minimum Gasteiger partial charge on any atom is -0.362 e. The van der Waals surface area contributed by atoms with E-state index in [2.05, 4.69) is 4.98 Å². The Bertz CT molecular complexity index is 603. The highest BCUT2D eigenvalue weighted by molar-refractivity contribution is 5.52. The molecule has 0 spiro atoms. The Morgan fingerprint density at radius 2 is 2.17 bits per heavy atom. The number of pyridine rings is 1. The van der Waals surface area contributed by atoms with Crippen molar-refractivity contribution in [3.63, 3.8) is 0 Å². The molecule has 96 valence electrons. The van der Waals surface area contributed by atoms with Crippen molar-refractivity contribution >= 4 is 11.5 Å². The molecule has 0 aliphatic heterocycles. The van der Waals surface area contributed by atoms with Gasteiger partial charge in [-0.1, -0.05) is 6.07 Å². The number of hydrogen-bond donors (Lipinski definition) is 1. The van der Waals surface area contributed by atoms with Crippen LogP contribution in [0.15, 0.2) is 29.2 Å². The standard InChI is InChI=1S/C13H18N4O/c1-16(2)12-10(6-5-8-14)13(18)17-9-4-3-7-11(17)15-12/h3-4,7,9H,5-6,8,14H2,1-2H3. The maximum atomic E-state index is 12.4. The van der Waals surface area contributed by atoms with Gasteiger partial charge in [0.1, 0.15) is 11.5 Å².